The second-order valence-electron chi connectivity index (χ2n) is 6.09. The summed E-state index contributed by atoms with van der Waals surface area (Å²) in [5.74, 6) is 2.33. The Kier molecular flexibility index (Phi) is 7.70. The molecule has 1 fully saturated rings. The lowest BCUT2D eigenvalue weighted by Crippen LogP contribution is -2.37. The minimum atomic E-state index is 0.630. The van der Waals surface area contributed by atoms with Crippen LogP contribution in [0, 0.1) is 5.92 Å². The molecule has 0 aliphatic heterocycles. The Balaban J connectivity index is 1.82. The third-order valence-electron chi connectivity index (χ3n) is 3.80. The van der Waals surface area contributed by atoms with E-state index >= 15 is 0 Å². The number of hydrogen-bond acceptors (Lipinski definition) is 3. The Morgan fingerprint density at radius 2 is 2.17 bits per heavy atom. The number of aromatic nitrogens is 1. The van der Waals surface area contributed by atoms with Gasteiger partial charge in [-0.15, -0.1) is 0 Å². The molecule has 0 unspecified atom stereocenters. The Hall–Kier alpha value is -1.78. The number of nitrogens with zero attached hydrogens (tertiary/aromatic N) is 2. The summed E-state index contributed by atoms with van der Waals surface area (Å²) in [5, 5.41) is 6.67. The molecule has 1 aliphatic rings. The summed E-state index contributed by atoms with van der Waals surface area (Å²) >= 11 is 0. The van der Waals surface area contributed by atoms with E-state index in [4.69, 9.17) is 4.74 Å². The van der Waals surface area contributed by atoms with E-state index in [2.05, 4.69) is 34.5 Å². The number of aliphatic imine (C=N–C) groups is 1. The van der Waals surface area contributed by atoms with Crippen LogP contribution in [-0.4, -0.2) is 30.6 Å². The van der Waals surface area contributed by atoms with Gasteiger partial charge in [0.25, 0.3) is 0 Å². The highest BCUT2D eigenvalue weighted by atomic mass is 16.5. The smallest absolute Gasteiger partial charge is 0.213 e. The fraction of sp³-hybridized carbons (Fsp3) is 0.667. The highest BCUT2D eigenvalue weighted by Gasteiger charge is 2.22. The summed E-state index contributed by atoms with van der Waals surface area (Å²) in [5.41, 5.74) is 1.12. The predicted molar refractivity (Wildman–Crippen MR) is 94.8 cm³/mol. The van der Waals surface area contributed by atoms with Gasteiger partial charge in [-0.3, -0.25) is 0 Å². The van der Waals surface area contributed by atoms with Crippen molar-refractivity contribution >= 4 is 5.96 Å². The van der Waals surface area contributed by atoms with E-state index in [9.17, 15) is 0 Å². The molecule has 2 N–H and O–H groups in total. The van der Waals surface area contributed by atoms with E-state index < -0.39 is 0 Å². The number of unbranched alkanes of at least 4 members (excludes halogenated alkanes) is 2. The molecular formula is C18H30N4O. The molecule has 1 saturated carbocycles. The zero-order valence-electron chi connectivity index (χ0n) is 14.5. The van der Waals surface area contributed by atoms with E-state index in [1.165, 1.54) is 32.1 Å². The molecule has 1 aromatic rings. The van der Waals surface area contributed by atoms with Crippen LogP contribution in [0.15, 0.2) is 23.3 Å². The SMILES string of the molecule is CCCCCNC(=NCc1ccnc(OCC2CC2)c1)NCC. The normalized spacial score (nSPS) is 14.6. The maximum absolute atomic E-state index is 5.73. The molecular weight excluding hydrogens is 288 g/mol. The van der Waals surface area contributed by atoms with Crippen LogP contribution in [0.1, 0.15) is 51.5 Å². The molecule has 0 spiro atoms. The minimum Gasteiger partial charge on any atom is -0.477 e. The van der Waals surface area contributed by atoms with Gasteiger partial charge in [-0.25, -0.2) is 9.98 Å². The lowest BCUT2D eigenvalue weighted by atomic mass is 10.2. The van der Waals surface area contributed by atoms with Gasteiger partial charge in [-0.05, 0) is 43.7 Å². The molecule has 0 bridgehead atoms. The number of hydrogen-bond donors (Lipinski definition) is 2. The standard InChI is InChI=1S/C18H30N4O/c1-3-5-6-10-21-18(19-4-2)22-13-16-9-11-20-17(12-16)23-14-15-7-8-15/h9,11-12,15H,3-8,10,13-14H2,1-2H3,(H2,19,21,22). The lowest BCUT2D eigenvalue weighted by molar-refractivity contribution is 0.288. The van der Waals surface area contributed by atoms with Gasteiger partial charge in [-0.2, -0.15) is 0 Å². The van der Waals surface area contributed by atoms with E-state index in [0.717, 1.165) is 37.1 Å². The molecule has 1 aromatic heterocycles. The fourth-order valence-corrected chi connectivity index (χ4v) is 2.21. The van der Waals surface area contributed by atoms with Crippen LogP contribution in [0.4, 0.5) is 0 Å². The summed E-state index contributed by atoms with van der Waals surface area (Å²) in [6.07, 6.45) is 8.04. The zero-order valence-corrected chi connectivity index (χ0v) is 14.5. The van der Waals surface area contributed by atoms with Gasteiger partial charge in [0.1, 0.15) is 0 Å². The van der Waals surface area contributed by atoms with Crippen LogP contribution in [-0.2, 0) is 6.54 Å². The first-order chi connectivity index (χ1) is 11.3. The van der Waals surface area contributed by atoms with E-state index in [-0.39, 0.29) is 0 Å². The number of guanidine groups is 1. The van der Waals surface area contributed by atoms with E-state index in [1.807, 2.05) is 12.1 Å². The van der Waals surface area contributed by atoms with Gasteiger partial charge in [0, 0.05) is 25.4 Å². The minimum absolute atomic E-state index is 0.630. The molecule has 0 atom stereocenters. The topological polar surface area (TPSA) is 58.5 Å². The molecule has 128 valence electrons. The van der Waals surface area contributed by atoms with Crippen LogP contribution < -0.4 is 15.4 Å². The van der Waals surface area contributed by atoms with Crippen molar-refractivity contribution in [3.63, 3.8) is 0 Å². The molecule has 2 rings (SSSR count). The largest absolute Gasteiger partial charge is 0.477 e. The molecule has 0 radical (unpaired) electrons. The number of nitrogens with one attached hydrogen (secondary N) is 2. The molecule has 5 nitrogen and oxygen atoms in total. The molecule has 0 aromatic carbocycles. The quantitative estimate of drug-likeness (QED) is 0.395. The van der Waals surface area contributed by atoms with Crippen molar-refractivity contribution in [2.75, 3.05) is 19.7 Å². The first-order valence-electron chi connectivity index (χ1n) is 8.91. The van der Waals surface area contributed by atoms with Crippen molar-refractivity contribution < 1.29 is 4.74 Å². The van der Waals surface area contributed by atoms with Crippen molar-refractivity contribution in [3.05, 3.63) is 23.9 Å². The molecule has 1 heterocycles. The zero-order chi connectivity index (χ0) is 16.3. The monoisotopic (exact) mass is 318 g/mol. The Morgan fingerprint density at radius 3 is 2.91 bits per heavy atom. The fourth-order valence-electron chi connectivity index (χ4n) is 2.21. The van der Waals surface area contributed by atoms with Crippen molar-refractivity contribution in [2.45, 2.75) is 52.5 Å². The van der Waals surface area contributed by atoms with Crippen LogP contribution >= 0.6 is 0 Å². The van der Waals surface area contributed by atoms with Gasteiger partial charge in [0.05, 0.1) is 13.2 Å². The number of ether oxygens (including phenoxy) is 1. The van der Waals surface area contributed by atoms with E-state index in [1.54, 1.807) is 6.20 Å². The first-order valence-corrected chi connectivity index (χ1v) is 8.91. The van der Waals surface area contributed by atoms with Crippen LogP contribution in [0.3, 0.4) is 0 Å². The van der Waals surface area contributed by atoms with Gasteiger partial charge in [0.2, 0.25) is 5.88 Å². The van der Waals surface area contributed by atoms with Crippen molar-refractivity contribution in [2.24, 2.45) is 10.9 Å². The maximum atomic E-state index is 5.73. The average Bonchev–Trinajstić information content (AvgIpc) is 3.39. The average molecular weight is 318 g/mol. The van der Waals surface area contributed by atoms with Gasteiger partial charge >= 0.3 is 0 Å². The second-order valence-corrected chi connectivity index (χ2v) is 6.09. The third-order valence-corrected chi connectivity index (χ3v) is 3.80. The third kappa shape index (κ3) is 7.35. The summed E-state index contributed by atoms with van der Waals surface area (Å²) in [7, 11) is 0. The van der Waals surface area contributed by atoms with Crippen LogP contribution in [0.2, 0.25) is 0 Å². The highest BCUT2D eigenvalue weighted by molar-refractivity contribution is 5.79. The first kappa shape index (κ1) is 17.6. The van der Waals surface area contributed by atoms with Crippen LogP contribution in [0.5, 0.6) is 5.88 Å². The predicted octanol–water partition coefficient (Wildman–Crippen LogP) is 3.12. The molecule has 5 heteroatoms. The Labute approximate surface area is 139 Å². The summed E-state index contributed by atoms with van der Waals surface area (Å²) in [4.78, 5) is 8.91. The Bertz CT molecular complexity index is 486. The molecule has 0 amide bonds. The maximum Gasteiger partial charge on any atom is 0.213 e. The summed E-state index contributed by atoms with van der Waals surface area (Å²) in [6.45, 7) is 7.55. The molecule has 1 aliphatic carbocycles. The molecule has 0 saturated heterocycles. The number of pyridine rings is 1. The summed E-state index contributed by atoms with van der Waals surface area (Å²) < 4.78 is 5.73. The van der Waals surface area contributed by atoms with Gasteiger partial charge < -0.3 is 15.4 Å². The van der Waals surface area contributed by atoms with E-state index in [0.29, 0.717) is 12.4 Å². The Morgan fingerprint density at radius 1 is 1.30 bits per heavy atom. The lowest BCUT2D eigenvalue weighted by Gasteiger charge is -2.11. The van der Waals surface area contributed by atoms with Crippen molar-refractivity contribution in [1.82, 2.24) is 15.6 Å². The van der Waals surface area contributed by atoms with Crippen molar-refractivity contribution in [3.8, 4) is 5.88 Å². The van der Waals surface area contributed by atoms with Gasteiger partial charge in [0.15, 0.2) is 5.96 Å². The van der Waals surface area contributed by atoms with Crippen LogP contribution in [0.25, 0.3) is 0 Å². The number of rotatable bonds is 10. The van der Waals surface area contributed by atoms with Gasteiger partial charge in [-0.1, -0.05) is 19.8 Å². The van der Waals surface area contributed by atoms with Crippen molar-refractivity contribution in [1.29, 1.82) is 0 Å². The molecule has 23 heavy (non-hydrogen) atoms. The second kappa shape index (κ2) is 10.1. The summed E-state index contributed by atoms with van der Waals surface area (Å²) in [6, 6.07) is 3.99. The highest BCUT2D eigenvalue weighted by Crippen LogP contribution is 2.29.